The van der Waals surface area contributed by atoms with E-state index in [1.54, 1.807) is 6.07 Å². The quantitative estimate of drug-likeness (QED) is 0.672. The molecule has 3 rings (SSSR count). The normalized spacial score (nSPS) is 15.5. The predicted octanol–water partition coefficient (Wildman–Crippen LogP) is 5.35. The highest BCUT2D eigenvalue weighted by atomic mass is 35.5. The predicted molar refractivity (Wildman–Crippen MR) is 96.8 cm³/mol. The zero-order chi connectivity index (χ0) is 20.5. The first-order valence-corrected chi connectivity index (χ1v) is 8.70. The summed E-state index contributed by atoms with van der Waals surface area (Å²) in [6, 6.07) is 8.77. The van der Waals surface area contributed by atoms with Crippen molar-refractivity contribution in [3.05, 3.63) is 63.0 Å². The lowest BCUT2D eigenvalue weighted by atomic mass is 10.1. The average Bonchev–Trinajstić information content (AvgIpc) is 2.93. The first-order valence-electron chi connectivity index (χ1n) is 7.51. The monoisotopic (exact) mass is 424 g/mol. The summed E-state index contributed by atoms with van der Waals surface area (Å²) < 4.78 is 45.0. The first-order chi connectivity index (χ1) is 13.2. The van der Waals surface area contributed by atoms with E-state index in [-0.39, 0.29) is 21.2 Å². The number of halogens is 4. The number of thioether (sulfide) groups is 1. The van der Waals surface area contributed by atoms with Gasteiger partial charge in [0, 0.05) is 0 Å². The Morgan fingerprint density at radius 2 is 1.86 bits per heavy atom. The Hall–Kier alpha value is -2.96. The fourth-order valence-corrected chi connectivity index (χ4v) is 3.20. The number of ether oxygens (including phenoxy) is 1. The summed E-state index contributed by atoms with van der Waals surface area (Å²) in [4.78, 5) is 22.9. The van der Waals surface area contributed by atoms with Gasteiger partial charge in [-0.3, -0.25) is 14.9 Å². The molecule has 0 radical (unpaired) electrons. The molecule has 0 saturated carbocycles. The Bertz CT molecular complexity index is 1060. The second-order valence-corrected chi connectivity index (χ2v) is 6.89. The third-order valence-corrected chi connectivity index (χ3v) is 4.64. The highest BCUT2D eigenvalue weighted by Gasteiger charge is 2.35. The molecule has 2 aromatic carbocycles. The fourth-order valence-electron chi connectivity index (χ4n) is 2.29. The molecule has 1 heterocycles. The first kappa shape index (κ1) is 19.8. The number of nitriles is 1. The van der Waals surface area contributed by atoms with Crippen LogP contribution in [-0.4, -0.2) is 11.1 Å². The van der Waals surface area contributed by atoms with E-state index < -0.39 is 28.6 Å². The Morgan fingerprint density at radius 1 is 1.14 bits per heavy atom. The van der Waals surface area contributed by atoms with Crippen LogP contribution < -0.4 is 10.1 Å². The van der Waals surface area contributed by atoms with Gasteiger partial charge in [0.1, 0.15) is 11.5 Å². The molecule has 2 aromatic rings. The van der Waals surface area contributed by atoms with Gasteiger partial charge in [0.05, 0.1) is 27.1 Å². The number of carbonyl (C=O) groups is 2. The third kappa shape index (κ3) is 4.30. The van der Waals surface area contributed by atoms with Crippen LogP contribution in [0.25, 0.3) is 6.08 Å². The maximum absolute atomic E-state index is 13.2. The van der Waals surface area contributed by atoms with E-state index in [0.29, 0.717) is 11.6 Å². The summed E-state index contributed by atoms with van der Waals surface area (Å²) in [7, 11) is 0. The van der Waals surface area contributed by atoms with Crippen molar-refractivity contribution in [2.75, 3.05) is 0 Å². The van der Waals surface area contributed by atoms with Gasteiger partial charge in [-0.2, -0.15) is 18.4 Å². The highest BCUT2D eigenvalue weighted by Crippen LogP contribution is 2.40. The molecule has 0 spiro atoms. The lowest BCUT2D eigenvalue weighted by Crippen LogP contribution is -2.17. The minimum Gasteiger partial charge on any atom is -0.455 e. The van der Waals surface area contributed by atoms with Crippen molar-refractivity contribution < 1.29 is 27.5 Å². The molecule has 1 saturated heterocycles. The van der Waals surface area contributed by atoms with Crippen molar-refractivity contribution in [3.8, 4) is 17.6 Å². The number of hydrogen-bond acceptors (Lipinski definition) is 5. The van der Waals surface area contributed by atoms with Crippen LogP contribution in [0, 0.1) is 11.3 Å². The summed E-state index contributed by atoms with van der Waals surface area (Å²) in [5, 5.41) is 10.4. The molecular weight excluding hydrogens is 417 g/mol. The van der Waals surface area contributed by atoms with E-state index in [1.165, 1.54) is 30.3 Å². The summed E-state index contributed by atoms with van der Waals surface area (Å²) in [5.74, 6) is -1.09. The molecule has 0 bridgehead atoms. The molecule has 1 fully saturated rings. The average molecular weight is 425 g/mol. The van der Waals surface area contributed by atoms with Gasteiger partial charge in [-0.1, -0.05) is 17.7 Å². The van der Waals surface area contributed by atoms with Gasteiger partial charge in [0.15, 0.2) is 0 Å². The molecule has 1 N–H and O–H groups in total. The van der Waals surface area contributed by atoms with Gasteiger partial charge >= 0.3 is 6.18 Å². The standard InChI is InChI=1S/C18H8ClF3N2O3S/c19-12-6-9(7-15-16(25)24-17(26)28-15)1-4-14(12)27-13-3-2-10(8-23)5-11(13)18(20,21)22/h1-7H,(H,24,25,26). The number of alkyl halides is 3. The van der Waals surface area contributed by atoms with Crippen molar-refractivity contribution >= 4 is 40.6 Å². The Balaban J connectivity index is 1.91. The second kappa shape index (κ2) is 7.58. The van der Waals surface area contributed by atoms with Crippen LogP contribution in [-0.2, 0) is 11.0 Å². The number of rotatable bonds is 3. The van der Waals surface area contributed by atoms with Gasteiger partial charge in [-0.05, 0) is 53.7 Å². The van der Waals surface area contributed by atoms with Gasteiger partial charge < -0.3 is 4.74 Å². The van der Waals surface area contributed by atoms with Gasteiger partial charge in [-0.15, -0.1) is 0 Å². The van der Waals surface area contributed by atoms with E-state index in [1.807, 2.05) is 0 Å². The SMILES string of the molecule is N#Cc1ccc(Oc2ccc(C=C3SC(=O)NC3=O)cc2Cl)c(C(F)(F)F)c1. The van der Waals surface area contributed by atoms with Crippen LogP contribution in [0.1, 0.15) is 16.7 Å². The van der Waals surface area contributed by atoms with Crippen molar-refractivity contribution in [3.63, 3.8) is 0 Å². The number of nitrogens with one attached hydrogen (secondary N) is 1. The Morgan fingerprint density at radius 3 is 2.43 bits per heavy atom. The molecule has 0 aliphatic carbocycles. The summed E-state index contributed by atoms with van der Waals surface area (Å²) in [6.45, 7) is 0. The number of amides is 2. The summed E-state index contributed by atoms with van der Waals surface area (Å²) in [5.41, 5.74) is -0.804. The maximum atomic E-state index is 13.2. The largest absolute Gasteiger partial charge is 0.455 e. The van der Waals surface area contributed by atoms with Crippen molar-refractivity contribution in [1.82, 2.24) is 5.32 Å². The van der Waals surface area contributed by atoms with Crippen LogP contribution in [0.15, 0.2) is 41.3 Å². The van der Waals surface area contributed by atoms with Gasteiger partial charge in [0.25, 0.3) is 11.1 Å². The smallest absolute Gasteiger partial charge is 0.420 e. The van der Waals surface area contributed by atoms with E-state index in [2.05, 4.69) is 5.32 Å². The molecule has 10 heteroatoms. The summed E-state index contributed by atoms with van der Waals surface area (Å²) >= 11 is 6.82. The topological polar surface area (TPSA) is 79.2 Å². The van der Waals surface area contributed by atoms with E-state index in [0.717, 1.165) is 17.8 Å². The minimum absolute atomic E-state index is 0.00145. The van der Waals surface area contributed by atoms with E-state index >= 15 is 0 Å². The number of carbonyl (C=O) groups excluding carboxylic acids is 2. The lowest BCUT2D eigenvalue weighted by Gasteiger charge is -2.15. The van der Waals surface area contributed by atoms with E-state index in [4.69, 9.17) is 21.6 Å². The summed E-state index contributed by atoms with van der Waals surface area (Å²) in [6.07, 6.45) is -3.30. The molecule has 0 unspecified atom stereocenters. The Kier molecular flexibility index (Phi) is 5.36. The van der Waals surface area contributed by atoms with E-state index in [9.17, 15) is 22.8 Å². The highest BCUT2D eigenvalue weighted by molar-refractivity contribution is 8.18. The van der Waals surface area contributed by atoms with Gasteiger partial charge in [-0.25, -0.2) is 0 Å². The molecule has 0 atom stereocenters. The maximum Gasteiger partial charge on any atom is 0.420 e. The van der Waals surface area contributed by atoms with Crippen LogP contribution >= 0.6 is 23.4 Å². The van der Waals surface area contributed by atoms with Gasteiger partial charge in [0.2, 0.25) is 0 Å². The second-order valence-electron chi connectivity index (χ2n) is 5.46. The Labute approximate surface area is 165 Å². The molecule has 1 aliphatic rings. The zero-order valence-corrected chi connectivity index (χ0v) is 15.2. The molecule has 142 valence electrons. The lowest BCUT2D eigenvalue weighted by molar-refractivity contribution is -0.138. The molecule has 5 nitrogen and oxygen atoms in total. The van der Waals surface area contributed by atoms with Crippen LogP contribution in [0.4, 0.5) is 18.0 Å². The number of nitrogens with zero attached hydrogens (tertiary/aromatic N) is 1. The number of hydrogen-bond donors (Lipinski definition) is 1. The molecular formula is C18H8ClF3N2O3S. The van der Waals surface area contributed by atoms with Crippen LogP contribution in [0.3, 0.4) is 0 Å². The number of benzene rings is 2. The van der Waals surface area contributed by atoms with Crippen molar-refractivity contribution in [2.24, 2.45) is 0 Å². The van der Waals surface area contributed by atoms with Crippen LogP contribution in [0.5, 0.6) is 11.5 Å². The molecule has 28 heavy (non-hydrogen) atoms. The fraction of sp³-hybridized carbons (Fsp3) is 0.0556. The van der Waals surface area contributed by atoms with Crippen molar-refractivity contribution in [1.29, 1.82) is 5.26 Å². The number of imide groups is 1. The third-order valence-electron chi connectivity index (χ3n) is 3.53. The van der Waals surface area contributed by atoms with Crippen molar-refractivity contribution in [2.45, 2.75) is 6.18 Å². The van der Waals surface area contributed by atoms with Crippen LogP contribution in [0.2, 0.25) is 5.02 Å². The minimum atomic E-state index is -4.72. The molecule has 2 amide bonds. The molecule has 0 aromatic heterocycles. The molecule has 1 aliphatic heterocycles. The zero-order valence-electron chi connectivity index (χ0n) is 13.6.